The first-order valence-electron chi connectivity index (χ1n) is 5.06. The Morgan fingerprint density at radius 3 is 2.05 bits per heavy atom. The predicted octanol–water partition coefficient (Wildman–Crippen LogP) is 0.685. The molecule has 1 aromatic heterocycles. The van der Waals surface area contributed by atoms with Crippen molar-refractivity contribution in [3.8, 4) is 10.4 Å². The van der Waals surface area contributed by atoms with Crippen LogP contribution < -0.4 is 18.6 Å². The van der Waals surface area contributed by atoms with Crippen LogP contribution >= 0.6 is 44.0 Å². The van der Waals surface area contributed by atoms with Crippen molar-refractivity contribution in [2.45, 2.75) is 11.1 Å². The Bertz CT molecular complexity index is 546. The number of hydrogen-bond acceptors (Lipinski definition) is 6. The van der Waals surface area contributed by atoms with Crippen molar-refractivity contribution in [2.75, 3.05) is 6.26 Å². The first kappa shape index (κ1) is 18.1. The maximum Gasteiger partial charge on any atom is 0.308 e. The van der Waals surface area contributed by atoms with E-state index in [1.165, 1.54) is 20.2 Å². The third kappa shape index (κ3) is 6.21. The second-order valence-electron chi connectivity index (χ2n) is 3.50. The van der Waals surface area contributed by atoms with E-state index in [4.69, 9.17) is 30.2 Å². The molecule has 2 aromatic rings. The Morgan fingerprint density at radius 2 is 1.65 bits per heavy atom. The van der Waals surface area contributed by atoms with E-state index in [0.717, 1.165) is 5.02 Å². The van der Waals surface area contributed by atoms with E-state index in [-0.39, 0.29) is 0 Å². The molecule has 2 rings (SSSR count). The summed E-state index contributed by atoms with van der Waals surface area (Å²) in [7, 11) is -1.26. The molecule has 0 amide bonds. The summed E-state index contributed by atoms with van der Waals surface area (Å²) in [6.07, 6.45) is 2.12. The summed E-state index contributed by atoms with van der Waals surface area (Å²) in [5, 5.41) is 0.793. The Hall–Kier alpha value is 0.0400. The highest BCUT2D eigenvalue weighted by atomic mass is 35.7. The van der Waals surface area contributed by atoms with Gasteiger partial charge in [-0.2, -0.15) is 0 Å². The predicted molar refractivity (Wildman–Crippen MR) is 73.6 cm³/mol. The molecular weight excluding hydrogens is 363 g/mol. The van der Waals surface area contributed by atoms with Crippen LogP contribution in [0.5, 0.6) is 0 Å². The molecular formula is C11H10Cl2O4S3. The second-order valence-corrected chi connectivity index (χ2v) is 7.91. The molecule has 0 N–H and O–H groups in total. The lowest BCUT2D eigenvalue weighted by Gasteiger charge is -2.17. The highest BCUT2D eigenvalue weighted by Crippen LogP contribution is 2.40. The Morgan fingerprint density at radius 1 is 1.15 bits per heavy atom. The highest BCUT2D eigenvalue weighted by Gasteiger charge is 2.20. The lowest BCUT2D eigenvalue weighted by molar-refractivity contribution is -2.00. The average molecular weight is 373 g/mol. The molecule has 0 aliphatic carbocycles. The topological polar surface area (TPSA) is 92.2 Å². The van der Waals surface area contributed by atoms with Crippen LogP contribution in [-0.4, -0.2) is 6.26 Å². The number of hydrogen-bond donors (Lipinski definition) is 0. The van der Waals surface area contributed by atoms with Gasteiger partial charge in [-0.25, -0.2) is 18.6 Å². The number of benzene rings is 1. The van der Waals surface area contributed by atoms with E-state index in [1.54, 1.807) is 0 Å². The van der Waals surface area contributed by atoms with Gasteiger partial charge in [-0.05, 0) is 30.9 Å². The maximum atomic E-state index is 8.49. The third-order valence-electron chi connectivity index (χ3n) is 2.14. The van der Waals surface area contributed by atoms with Crippen molar-refractivity contribution in [2.24, 2.45) is 0 Å². The van der Waals surface area contributed by atoms with Gasteiger partial charge in [0.15, 0.2) is 10.3 Å². The van der Waals surface area contributed by atoms with Crippen LogP contribution in [-0.2, 0) is 0 Å². The summed E-state index contributed by atoms with van der Waals surface area (Å²) in [5.74, 6) is 0. The van der Waals surface area contributed by atoms with E-state index in [1.807, 2.05) is 44.6 Å². The largest absolute Gasteiger partial charge is 0.308 e. The number of halogens is 2. The molecule has 110 valence electrons. The smallest absolute Gasteiger partial charge is 0.222 e. The van der Waals surface area contributed by atoms with Crippen LogP contribution in [0.2, 0.25) is 5.02 Å². The fourth-order valence-electron chi connectivity index (χ4n) is 1.35. The van der Waals surface area contributed by atoms with E-state index >= 15 is 0 Å². The highest BCUT2D eigenvalue weighted by molar-refractivity contribution is 8.02. The molecule has 0 spiro atoms. The molecule has 0 atom stereocenters. The Labute approximate surface area is 135 Å². The van der Waals surface area contributed by atoms with E-state index < -0.39 is 10.2 Å². The molecule has 1 aromatic carbocycles. The van der Waals surface area contributed by atoms with Crippen LogP contribution in [0, 0.1) is 17.2 Å². The van der Waals surface area contributed by atoms with Crippen LogP contribution in [0.3, 0.4) is 0 Å². The number of rotatable bonds is 2. The minimum absolute atomic E-state index is 0.793. The van der Waals surface area contributed by atoms with Crippen LogP contribution in [0.15, 0.2) is 28.5 Å². The minimum Gasteiger partial charge on any atom is -0.222 e. The maximum absolute atomic E-state index is 8.49. The quantitative estimate of drug-likeness (QED) is 0.439. The molecule has 4 nitrogen and oxygen atoms in total. The fourth-order valence-corrected chi connectivity index (χ4v) is 5.57. The van der Waals surface area contributed by atoms with Gasteiger partial charge in [-0.3, -0.25) is 0 Å². The van der Waals surface area contributed by atoms with Gasteiger partial charge >= 0.3 is 10.3 Å². The molecule has 0 saturated heterocycles. The summed E-state index contributed by atoms with van der Waals surface area (Å²) in [6, 6.07) is 8.05. The van der Waals surface area contributed by atoms with Crippen molar-refractivity contribution < 1.29 is 28.9 Å². The monoisotopic (exact) mass is 372 g/mol. The lowest BCUT2D eigenvalue weighted by atomic mass is 10.1. The average Bonchev–Trinajstić information content (AvgIpc) is 2.69. The molecule has 9 heteroatoms. The lowest BCUT2D eigenvalue weighted by Crippen LogP contribution is -2.68. The molecule has 0 saturated carbocycles. The van der Waals surface area contributed by atoms with Crippen molar-refractivity contribution in [1.82, 2.24) is 0 Å². The minimum atomic E-state index is -4.94. The molecule has 20 heavy (non-hydrogen) atoms. The van der Waals surface area contributed by atoms with Gasteiger partial charge in [0.25, 0.3) is 4.21 Å². The Balaban J connectivity index is 0.000000347. The summed E-state index contributed by atoms with van der Waals surface area (Å²) in [5.41, 5.74) is 2.65. The van der Waals surface area contributed by atoms with Gasteiger partial charge < -0.3 is 0 Å². The molecule has 0 fully saturated rings. The van der Waals surface area contributed by atoms with Gasteiger partial charge in [0.1, 0.15) is 4.88 Å². The summed E-state index contributed by atoms with van der Waals surface area (Å²) in [6.45, 7) is 2.18. The summed E-state index contributed by atoms with van der Waals surface area (Å²) < 4.78 is 35.4. The Kier molecular flexibility index (Phi) is 7.13. The molecule has 0 unspecified atom stereocenters. The summed E-state index contributed by atoms with van der Waals surface area (Å²) in [4.78, 5) is 1.36. The molecule has 1 heterocycles. The van der Waals surface area contributed by atoms with Crippen molar-refractivity contribution in [1.29, 1.82) is 0 Å². The van der Waals surface area contributed by atoms with Gasteiger partial charge in [-0.15, -0.1) is 10.2 Å². The van der Waals surface area contributed by atoms with Crippen LogP contribution in [0.4, 0.5) is 0 Å². The zero-order chi connectivity index (χ0) is 15.3. The van der Waals surface area contributed by atoms with Gasteiger partial charge in [0, 0.05) is 10.6 Å². The second kappa shape index (κ2) is 7.88. The molecule has 0 bridgehead atoms. The van der Waals surface area contributed by atoms with E-state index in [0.29, 0.717) is 0 Å². The SMILES string of the molecule is CSc1[s+]sc(-c2ccc(Cl)cc2)c1C.[O-][Cl+3]([O-])([O-])[O-]. The van der Waals surface area contributed by atoms with E-state index in [9.17, 15) is 0 Å². The van der Waals surface area contributed by atoms with E-state index in [2.05, 4.69) is 25.3 Å². The first-order chi connectivity index (χ1) is 9.22. The standard InChI is InChI=1S/C11H10ClS3.ClHO4/c1-7-10(14-15-11(7)13-2)8-3-5-9(12)6-4-8;2-1(3,4)5/h3-6H,1-2H3;(H,2,3,4,5)/q+1;/p-1. The first-order valence-corrected chi connectivity index (χ1v) is 10.1. The van der Waals surface area contributed by atoms with Crippen LogP contribution in [0.1, 0.15) is 5.56 Å². The van der Waals surface area contributed by atoms with Gasteiger partial charge in [0.05, 0.1) is 0 Å². The zero-order valence-electron chi connectivity index (χ0n) is 10.4. The van der Waals surface area contributed by atoms with Crippen molar-refractivity contribution >= 4 is 44.0 Å². The van der Waals surface area contributed by atoms with Crippen molar-refractivity contribution in [3.05, 3.63) is 34.9 Å². The third-order valence-corrected chi connectivity index (χ3v) is 6.63. The van der Waals surface area contributed by atoms with Crippen molar-refractivity contribution in [3.63, 3.8) is 0 Å². The molecule has 0 aliphatic heterocycles. The van der Waals surface area contributed by atoms with Crippen LogP contribution in [0.25, 0.3) is 10.4 Å². The summed E-state index contributed by atoms with van der Waals surface area (Å²) >= 11 is 7.69. The molecule has 0 aliphatic rings. The number of thioether (sulfide) groups is 1. The molecule has 0 radical (unpaired) electrons. The normalized spacial score (nSPS) is 10.9. The van der Waals surface area contributed by atoms with Gasteiger partial charge in [0.2, 0.25) is 0 Å². The fraction of sp³-hybridized carbons (Fsp3) is 0.182. The van der Waals surface area contributed by atoms with Gasteiger partial charge in [-0.1, -0.05) is 35.5 Å². The zero-order valence-corrected chi connectivity index (χ0v) is 14.4.